The number of benzene rings is 3. The van der Waals surface area contributed by atoms with Crippen molar-refractivity contribution in [2.75, 3.05) is 14.2 Å². The second-order valence-corrected chi connectivity index (χ2v) is 6.85. The van der Waals surface area contributed by atoms with Crippen LogP contribution in [0.5, 0.6) is 0 Å². The van der Waals surface area contributed by atoms with Crippen LogP contribution in [0.3, 0.4) is 0 Å². The Morgan fingerprint density at radius 3 is 1.74 bits per heavy atom. The van der Waals surface area contributed by atoms with Crippen molar-refractivity contribution in [2.45, 2.75) is 6.54 Å². The summed E-state index contributed by atoms with van der Waals surface area (Å²) in [7, 11) is 2.70. The summed E-state index contributed by atoms with van der Waals surface area (Å²) in [5, 5.41) is 1.46. The molecule has 3 rings (SSSR count). The lowest BCUT2D eigenvalue weighted by molar-refractivity contribution is 0.0592. The van der Waals surface area contributed by atoms with Gasteiger partial charge in [-0.15, -0.1) is 0 Å². The van der Waals surface area contributed by atoms with Crippen LogP contribution in [-0.2, 0) is 16.0 Å². The Hall–Kier alpha value is -3.90. The van der Waals surface area contributed by atoms with Gasteiger partial charge in [0.2, 0.25) is 0 Å². The first-order valence-electron chi connectivity index (χ1n) is 9.61. The van der Waals surface area contributed by atoms with E-state index in [2.05, 4.69) is 6.58 Å². The number of hydrogen-bond acceptors (Lipinski definition) is 6. The summed E-state index contributed by atoms with van der Waals surface area (Å²) in [5.41, 5.74) is 4.81. The van der Waals surface area contributed by atoms with Crippen LogP contribution >= 0.6 is 0 Å². The summed E-state index contributed by atoms with van der Waals surface area (Å²) in [5.74, 6) is 5.10. The van der Waals surface area contributed by atoms with Gasteiger partial charge < -0.3 is 14.5 Å². The highest BCUT2D eigenvalue weighted by molar-refractivity contribution is 5.99. The summed E-state index contributed by atoms with van der Waals surface area (Å²) in [6, 6.07) is 20.3. The molecule has 3 aromatic carbocycles. The number of nitrogens with two attached hydrogens (primary N) is 1. The van der Waals surface area contributed by atoms with Crippen LogP contribution in [0.2, 0.25) is 0 Å². The van der Waals surface area contributed by atoms with Crippen LogP contribution < -0.4 is 5.84 Å². The van der Waals surface area contributed by atoms with E-state index >= 15 is 0 Å². The molecule has 0 saturated heterocycles. The van der Waals surface area contributed by atoms with Gasteiger partial charge in [0.05, 0.1) is 31.9 Å². The highest BCUT2D eigenvalue weighted by Gasteiger charge is 2.17. The van der Waals surface area contributed by atoms with Crippen molar-refractivity contribution in [1.82, 2.24) is 5.01 Å². The Labute approximate surface area is 181 Å². The van der Waals surface area contributed by atoms with Gasteiger partial charge in [-0.2, -0.15) is 0 Å². The van der Waals surface area contributed by atoms with Crippen LogP contribution in [0, 0.1) is 0 Å². The summed E-state index contributed by atoms with van der Waals surface area (Å²) < 4.78 is 9.90. The molecule has 2 N–H and O–H groups in total. The predicted molar refractivity (Wildman–Crippen MR) is 120 cm³/mol. The molecule has 0 atom stereocenters. The molecule has 31 heavy (non-hydrogen) atoms. The Balaban J connectivity index is 2.24. The predicted octanol–water partition coefficient (Wildman–Crippen LogP) is 4.41. The molecule has 0 aliphatic carbocycles. The van der Waals surface area contributed by atoms with Gasteiger partial charge in [-0.25, -0.2) is 15.4 Å². The molecule has 0 fully saturated rings. The number of carbonyl (C=O) groups is 2. The Bertz CT molecular complexity index is 1050. The lowest BCUT2D eigenvalue weighted by atomic mass is 9.92. The van der Waals surface area contributed by atoms with Crippen molar-refractivity contribution in [1.29, 1.82) is 0 Å². The summed E-state index contributed by atoms with van der Waals surface area (Å²) in [4.78, 5) is 24.7. The van der Waals surface area contributed by atoms with Gasteiger partial charge >= 0.3 is 11.9 Å². The maximum absolute atomic E-state index is 12.3. The third-order valence-electron chi connectivity index (χ3n) is 4.88. The molecule has 6 nitrogen and oxygen atoms in total. The molecular formula is C25H24N2O4. The van der Waals surface area contributed by atoms with E-state index in [0.29, 0.717) is 17.7 Å². The second-order valence-electron chi connectivity index (χ2n) is 6.85. The van der Waals surface area contributed by atoms with E-state index in [9.17, 15) is 9.59 Å². The first-order valence-corrected chi connectivity index (χ1v) is 9.61. The average molecular weight is 416 g/mol. The lowest BCUT2D eigenvalue weighted by Gasteiger charge is -2.17. The number of carbonyl (C=O) groups excluding carboxylic acids is 2. The number of esters is 2. The van der Waals surface area contributed by atoms with E-state index < -0.39 is 11.9 Å². The molecule has 0 bridgehead atoms. The standard InChI is InChI=1S/C25H24N2O4/c1-4-27(26)16-17-13-18(20-9-5-7-11-22(20)24(28)30-2)15-19(14-17)21-10-6-8-12-23(21)25(29)31-3/h4-15H,1,16,26H2,2-3H3. The van der Waals surface area contributed by atoms with E-state index in [1.165, 1.54) is 25.4 Å². The molecule has 0 heterocycles. The molecule has 3 aromatic rings. The summed E-state index contributed by atoms with van der Waals surface area (Å²) in [6.45, 7) is 4.09. The average Bonchev–Trinajstić information content (AvgIpc) is 2.82. The van der Waals surface area contributed by atoms with Crippen molar-refractivity contribution >= 4 is 11.9 Å². The van der Waals surface area contributed by atoms with Crippen LogP contribution in [0.15, 0.2) is 79.5 Å². The molecule has 158 valence electrons. The fourth-order valence-corrected chi connectivity index (χ4v) is 3.42. The smallest absolute Gasteiger partial charge is 0.338 e. The zero-order valence-corrected chi connectivity index (χ0v) is 17.5. The van der Waals surface area contributed by atoms with Gasteiger partial charge in [0.1, 0.15) is 0 Å². The highest BCUT2D eigenvalue weighted by atomic mass is 16.5. The summed E-state index contributed by atoms with van der Waals surface area (Å²) in [6.07, 6.45) is 1.52. The van der Waals surface area contributed by atoms with Crippen molar-refractivity contribution in [3.05, 3.63) is 96.2 Å². The fourth-order valence-electron chi connectivity index (χ4n) is 3.42. The Morgan fingerprint density at radius 1 is 0.871 bits per heavy atom. The SMILES string of the molecule is C=CN(N)Cc1cc(-c2ccccc2C(=O)OC)cc(-c2ccccc2C(=O)OC)c1. The normalized spacial score (nSPS) is 10.3. The van der Waals surface area contributed by atoms with Crippen LogP contribution in [0.25, 0.3) is 22.3 Å². The zero-order valence-electron chi connectivity index (χ0n) is 17.5. The van der Waals surface area contributed by atoms with Gasteiger partial charge in [-0.3, -0.25) is 0 Å². The van der Waals surface area contributed by atoms with Crippen molar-refractivity contribution in [3.63, 3.8) is 0 Å². The minimum Gasteiger partial charge on any atom is -0.465 e. The van der Waals surface area contributed by atoms with Crippen molar-refractivity contribution in [3.8, 4) is 22.3 Å². The minimum absolute atomic E-state index is 0.394. The molecule has 0 aliphatic heterocycles. The van der Waals surface area contributed by atoms with E-state index in [1.807, 2.05) is 42.5 Å². The number of rotatable bonds is 7. The van der Waals surface area contributed by atoms with Gasteiger partial charge in [0, 0.05) is 6.20 Å². The van der Waals surface area contributed by atoms with E-state index in [-0.39, 0.29) is 0 Å². The number of hydrogen-bond donors (Lipinski definition) is 1. The minimum atomic E-state index is -0.427. The first kappa shape index (κ1) is 21.8. The third kappa shape index (κ3) is 4.82. The van der Waals surface area contributed by atoms with Crippen LogP contribution in [-0.4, -0.2) is 31.2 Å². The Kier molecular flexibility index (Phi) is 6.85. The molecule has 0 amide bonds. The van der Waals surface area contributed by atoms with Crippen LogP contribution in [0.1, 0.15) is 26.3 Å². The quantitative estimate of drug-likeness (QED) is 0.349. The lowest BCUT2D eigenvalue weighted by Crippen LogP contribution is -2.23. The number of hydrazine groups is 1. The molecule has 0 radical (unpaired) electrons. The molecule has 0 aromatic heterocycles. The molecule has 0 spiro atoms. The maximum Gasteiger partial charge on any atom is 0.338 e. The molecular weight excluding hydrogens is 392 g/mol. The largest absolute Gasteiger partial charge is 0.465 e. The van der Waals surface area contributed by atoms with E-state index in [1.54, 1.807) is 24.3 Å². The van der Waals surface area contributed by atoms with Gasteiger partial charge in [0.25, 0.3) is 0 Å². The fraction of sp³-hybridized carbons (Fsp3) is 0.120. The second kappa shape index (κ2) is 9.73. The van der Waals surface area contributed by atoms with Crippen molar-refractivity contribution < 1.29 is 19.1 Å². The number of methoxy groups -OCH3 is 2. The maximum atomic E-state index is 12.3. The van der Waals surface area contributed by atoms with Crippen LogP contribution in [0.4, 0.5) is 0 Å². The molecule has 0 saturated carbocycles. The van der Waals surface area contributed by atoms with E-state index in [4.69, 9.17) is 15.3 Å². The van der Waals surface area contributed by atoms with Crippen molar-refractivity contribution in [2.24, 2.45) is 5.84 Å². The zero-order chi connectivity index (χ0) is 22.4. The Morgan fingerprint density at radius 2 is 1.32 bits per heavy atom. The molecule has 6 heteroatoms. The molecule has 0 aliphatic rings. The number of ether oxygens (including phenoxy) is 2. The topological polar surface area (TPSA) is 81.9 Å². The molecule has 0 unspecified atom stereocenters. The monoisotopic (exact) mass is 416 g/mol. The van der Waals surface area contributed by atoms with Gasteiger partial charge in [-0.1, -0.05) is 43.0 Å². The number of nitrogens with zero attached hydrogens (tertiary/aromatic N) is 1. The first-order chi connectivity index (χ1) is 15.0. The highest BCUT2D eigenvalue weighted by Crippen LogP contribution is 2.33. The van der Waals surface area contributed by atoms with Gasteiger partial charge in [-0.05, 0) is 58.1 Å². The third-order valence-corrected chi connectivity index (χ3v) is 4.88. The summed E-state index contributed by atoms with van der Waals surface area (Å²) >= 11 is 0. The van der Waals surface area contributed by atoms with E-state index in [0.717, 1.165) is 27.8 Å². The van der Waals surface area contributed by atoms with Gasteiger partial charge in [0.15, 0.2) is 0 Å².